The number of carbonyl (C=O) groups excluding carboxylic acids is 1. The second kappa shape index (κ2) is 5.25. The monoisotopic (exact) mass is 279 g/mol. The number of hydrogen-bond acceptors (Lipinski definition) is 3. The van der Waals surface area contributed by atoms with Gasteiger partial charge < -0.3 is 9.73 Å². The molecule has 104 valence electrons. The molecule has 0 aliphatic rings. The molecule has 0 aliphatic carbocycles. The Labute approximate surface area is 121 Å². The highest BCUT2D eigenvalue weighted by Gasteiger charge is 2.08. The van der Waals surface area contributed by atoms with Gasteiger partial charge in [-0.2, -0.15) is 0 Å². The van der Waals surface area contributed by atoms with Crippen molar-refractivity contribution in [3.05, 3.63) is 65.0 Å². The molecule has 0 bridgehead atoms. The molecule has 0 aliphatic heterocycles. The summed E-state index contributed by atoms with van der Waals surface area (Å²) in [6.45, 7) is 1.43. The average molecular weight is 279 g/mol. The third kappa shape index (κ3) is 2.69. The highest BCUT2D eigenvalue weighted by molar-refractivity contribution is 5.92. The van der Waals surface area contributed by atoms with Gasteiger partial charge in [0.15, 0.2) is 0 Å². The molecule has 0 saturated heterocycles. The van der Waals surface area contributed by atoms with Crippen LogP contribution in [0.3, 0.4) is 0 Å². The Morgan fingerprint density at radius 2 is 1.81 bits per heavy atom. The molecule has 1 aromatic heterocycles. The van der Waals surface area contributed by atoms with Crippen LogP contribution in [0.15, 0.2) is 63.8 Å². The minimum absolute atomic E-state index is 0.169. The second-order valence-electron chi connectivity index (χ2n) is 4.75. The lowest BCUT2D eigenvalue weighted by molar-refractivity contribution is -0.114. The third-order valence-electron chi connectivity index (χ3n) is 3.14. The van der Waals surface area contributed by atoms with Gasteiger partial charge in [0.2, 0.25) is 5.91 Å². The molecule has 0 unspecified atom stereocenters. The number of hydrogen-bond donors (Lipinski definition) is 1. The van der Waals surface area contributed by atoms with Gasteiger partial charge in [-0.25, -0.2) is 4.79 Å². The Morgan fingerprint density at radius 3 is 2.52 bits per heavy atom. The van der Waals surface area contributed by atoms with E-state index in [-0.39, 0.29) is 5.91 Å². The summed E-state index contributed by atoms with van der Waals surface area (Å²) in [5.74, 6) is -0.169. The van der Waals surface area contributed by atoms with E-state index in [0.717, 1.165) is 10.9 Å². The SMILES string of the molecule is CC(=O)Nc1ccc2cc(-c3ccccc3)c(=O)oc2c1. The quantitative estimate of drug-likeness (QED) is 0.731. The topological polar surface area (TPSA) is 59.3 Å². The van der Waals surface area contributed by atoms with Crippen molar-refractivity contribution in [2.75, 3.05) is 5.32 Å². The largest absolute Gasteiger partial charge is 0.422 e. The third-order valence-corrected chi connectivity index (χ3v) is 3.14. The van der Waals surface area contributed by atoms with Crippen molar-refractivity contribution < 1.29 is 9.21 Å². The van der Waals surface area contributed by atoms with Gasteiger partial charge in [-0.15, -0.1) is 0 Å². The van der Waals surface area contributed by atoms with E-state index in [1.54, 1.807) is 18.2 Å². The summed E-state index contributed by atoms with van der Waals surface area (Å²) in [4.78, 5) is 23.2. The molecule has 0 saturated carbocycles. The summed E-state index contributed by atoms with van der Waals surface area (Å²) in [7, 11) is 0. The molecule has 2 aromatic carbocycles. The van der Waals surface area contributed by atoms with E-state index in [4.69, 9.17) is 4.42 Å². The molecule has 3 aromatic rings. The predicted molar refractivity (Wildman–Crippen MR) is 82.2 cm³/mol. The van der Waals surface area contributed by atoms with Crippen molar-refractivity contribution in [3.8, 4) is 11.1 Å². The van der Waals surface area contributed by atoms with Gasteiger partial charge in [0.1, 0.15) is 5.58 Å². The number of amides is 1. The Balaban J connectivity index is 2.13. The van der Waals surface area contributed by atoms with Crippen molar-refractivity contribution in [2.24, 2.45) is 0 Å². The first-order valence-electron chi connectivity index (χ1n) is 6.54. The summed E-state index contributed by atoms with van der Waals surface area (Å²) >= 11 is 0. The smallest absolute Gasteiger partial charge is 0.344 e. The van der Waals surface area contributed by atoms with E-state index in [2.05, 4.69) is 5.32 Å². The first-order chi connectivity index (χ1) is 10.1. The highest BCUT2D eigenvalue weighted by Crippen LogP contribution is 2.23. The zero-order chi connectivity index (χ0) is 14.8. The van der Waals surface area contributed by atoms with Crippen LogP contribution in [-0.4, -0.2) is 5.91 Å². The standard InChI is InChI=1S/C17H13NO3/c1-11(19)18-14-8-7-13-9-15(12-5-3-2-4-6-12)17(20)21-16(13)10-14/h2-10H,1H3,(H,18,19). The number of benzene rings is 2. The van der Waals surface area contributed by atoms with Crippen LogP contribution in [-0.2, 0) is 4.79 Å². The van der Waals surface area contributed by atoms with Gasteiger partial charge in [-0.1, -0.05) is 30.3 Å². The zero-order valence-corrected chi connectivity index (χ0v) is 11.4. The fourth-order valence-electron chi connectivity index (χ4n) is 2.21. The van der Waals surface area contributed by atoms with Crippen molar-refractivity contribution in [2.45, 2.75) is 6.92 Å². The summed E-state index contributed by atoms with van der Waals surface area (Å²) < 4.78 is 5.36. The number of fused-ring (bicyclic) bond motifs is 1. The molecule has 0 atom stereocenters. The maximum absolute atomic E-state index is 12.1. The van der Waals surface area contributed by atoms with Crippen LogP contribution in [0, 0.1) is 0 Å². The van der Waals surface area contributed by atoms with E-state index in [9.17, 15) is 9.59 Å². The molecule has 3 rings (SSSR count). The number of nitrogens with one attached hydrogen (secondary N) is 1. The Hall–Kier alpha value is -2.88. The summed E-state index contributed by atoms with van der Waals surface area (Å²) in [6.07, 6.45) is 0. The van der Waals surface area contributed by atoms with E-state index in [1.165, 1.54) is 6.92 Å². The van der Waals surface area contributed by atoms with E-state index in [1.807, 2.05) is 36.4 Å². The summed E-state index contributed by atoms with van der Waals surface area (Å²) in [5.41, 5.74) is 2.00. The Bertz CT molecular complexity index is 866. The zero-order valence-electron chi connectivity index (χ0n) is 11.4. The highest BCUT2D eigenvalue weighted by atomic mass is 16.4. The molecule has 0 spiro atoms. The maximum atomic E-state index is 12.1. The number of anilines is 1. The van der Waals surface area contributed by atoms with Crippen LogP contribution in [0.4, 0.5) is 5.69 Å². The van der Waals surface area contributed by atoms with E-state index < -0.39 is 5.63 Å². The van der Waals surface area contributed by atoms with Crippen LogP contribution >= 0.6 is 0 Å². The van der Waals surface area contributed by atoms with Gasteiger partial charge >= 0.3 is 5.63 Å². The fourth-order valence-corrected chi connectivity index (χ4v) is 2.21. The van der Waals surface area contributed by atoms with E-state index in [0.29, 0.717) is 16.8 Å². The first kappa shape index (κ1) is 13.1. The van der Waals surface area contributed by atoms with Gasteiger partial charge in [-0.05, 0) is 23.8 Å². The number of carbonyl (C=O) groups is 1. The number of rotatable bonds is 2. The van der Waals surface area contributed by atoms with Crippen molar-refractivity contribution in [1.29, 1.82) is 0 Å². The fraction of sp³-hybridized carbons (Fsp3) is 0.0588. The van der Waals surface area contributed by atoms with Gasteiger partial charge in [-0.3, -0.25) is 4.79 Å². The van der Waals surface area contributed by atoms with Crippen LogP contribution in [0.5, 0.6) is 0 Å². The van der Waals surface area contributed by atoms with Crippen LogP contribution < -0.4 is 10.9 Å². The van der Waals surface area contributed by atoms with Crippen LogP contribution in [0.1, 0.15) is 6.92 Å². The Morgan fingerprint density at radius 1 is 1.05 bits per heavy atom. The molecule has 1 heterocycles. The molecule has 0 fully saturated rings. The van der Waals surface area contributed by atoms with Crippen molar-refractivity contribution >= 4 is 22.6 Å². The lowest BCUT2D eigenvalue weighted by Crippen LogP contribution is -2.06. The van der Waals surface area contributed by atoms with Crippen LogP contribution in [0.2, 0.25) is 0 Å². The van der Waals surface area contributed by atoms with Gasteiger partial charge in [0.05, 0.1) is 5.56 Å². The molecule has 0 radical (unpaired) electrons. The molecule has 21 heavy (non-hydrogen) atoms. The molecule has 4 heteroatoms. The maximum Gasteiger partial charge on any atom is 0.344 e. The minimum atomic E-state index is -0.395. The minimum Gasteiger partial charge on any atom is -0.422 e. The molecular weight excluding hydrogens is 266 g/mol. The molecule has 4 nitrogen and oxygen atoms in total. The summed E-state index contributed by atoms with van der Waals surface area (Å²) in [5, 5.41) is 3.47. The van der Waals surface area contributed by atoms with Crippen molar-refractivity contribution in [3.63, 3.8) is 0 Å². The second-order valence-corrected chi connectivity index (χ2v) is 4.75. The normalized spacial score (nSPS) is 10.5. The van der Waals surface area contributed by atoms with Gasteiger partial charge in [0, 0.05) is 24.1 Å². The first-order valence-corrected chi connectivity index (χ1v) is 6.54. The molecule has 1 amide bonds. The summed E-state index contributed by atoms with van der Waals surface area (Å²) in [6, 6.07) is 16.4. The van der Waals surface area contributed by atoms with E-state index >= 15 is 0 Å². The van der Waals surface area contributed by atoms with Crippen molar-refractivity contribution in [1.82, 2.24) is 0 Å². The Kier molecular flexibility index (Phi) is 3.28. The lowest BCUT2D eigenvalue weighted by atomic mass is 10.1. The van der Waals surface area contributed by atoms with Gasteiger partial charge in [0.25, 0.3) is 0 Å². The predicted octanol–water partition coefficient (Wildman–Crippen LogP) is 3.42. The average Bonchev–Trinajstić information content (AvgIpc) is 2.46. The lowest BCUT2D eigenvalue weighted by Gasteiger charge is -2.05. The van der Waals surface area contributed by atoms with Crippen LogP contribution in [0.25, 0.3) is 22.1 Å². The molecule has 1 N–H and O–H groups in total. The molecular formula is C17H13NO3.